The van der Waals surface area contributed by atoms with Crippen molar-refractivity contribution < 1.29 is 19.0 Å². The Hall–Kier alpha value is -1.80. The van der Waals surface area contributed by atoms with Crippen LogP contribution < -0.4 is 5.73 Å². The zero-order valence-electron chi connectivity index (χ0n) is 15.2. The van der Waals surface area contributed by atoms with Crippen molar-refractivity contribution in [3.05, 3.63) is 29.6 Å². The Morgan fingerprint density at radius 3 is 2.88 bits per heavy atom. The van der Waals surface area contributed by atoms with Crippen LogP contribution in [0, 0.1) is 11.7 Å². The van der Waals surface area contributed by atoms with Gasteiger partial charge in [0.15, 0.2) is 5.17 Å². The number of hydrogen-bond acceptors (Lipinski definition) is 5. The number of ether oxygens (including phenoxy) is 1. The van der Waals surface area contributed by atoms with Crippen molar-refractivity contribution >= 4 is 28.7 Å². The molecule has 3 N–H and O–H groups in total. The number of carbonyl (C=O) groups is 1. The predicted molar refractivity (Wildman–Crippen MR) is 101 cm³/mol. The molecule has 1 aromatic carbocycles. The van der Waals surface area contributed by atoms with Crippen LogP contribution in [-0.4, -0.2) is 45.8 Å². The number of amidine groups is 1. The van der Waals surface area contributed by atoms with E-state index in [0.717, 1.165) is 6.42 Å². The molecule has 1 fully saturated rings. The molecule has 0 aliphatic carbocycles. The Morgan fingerprint density at radius 2 is 2.23 bits per heavy atom. The summed E-state index contributed by atoms with van der Waals surface area (Å²) < 4.78 is 20.4. The number of nitrogens with two attached hydrogens (primary N) is 1. The standard InChI is InChI=1S/C18H24FN3O3S/c1-17(2,3)22(16(23)24)15-21-18(10-25-7-6-11(18)9-26-15)13-8-12(20)4-5-14(13)19/h4-5,8,11H,6-7,9-10,20H2,1-3H3,(H,23,24)/t11-,18?/m1/s1. The van der Waals surface area contributed by atoms with Crippen molar-refractivity contribution in [1.82, 2.24) is 4.90 Å². The van der Waals surface area contributed by atoms with E-state index in [9.17, 15) is 14.3 Å². The van der Waals surface area contributed by atoms with Crippen molar-refractivity contribution in [2.24, 2.45) is 10.9 Å². The highest BCUT2D eigenvalue weighted by molar-refractivity contribution is 8.13. The third kappa shape index (κ3) is 3.27. The van der Waals surface area contributed by atoms with Gasteiger partial charge in [-0.3, -0.25) is 4.90 Å². The van der Waals surface area contributed by atoms with Crippen molar-refractivity contribution in [3.63, 3.8) is 0 Å². The molecular formula is C18H24FN3O3S. The summed E-state index contributed by atoms with van der Waals surface area (Å²) in [6.07, 6.45) is -0.345. The first-order chi connectivity index (χ1) is 12.1. The molecule has 6 nitrogen and oxygen atoms in total. The minimum atomic E-state index is -1.08. The van der Waals surface area contributed by atoms with Gasteiger partial charge in [0.1, 0.15) is 11.4 Å². The van der Waals surface area contributed by atoms with E-state index >= 15 is 0 Å². The lowest BCUT2D eigenvalue weighted by Gasteiger charge is -2.46. The summed E-state index contributed by atoms with van der Waals surface area (Å²) >= 11 is 1.40. The lowest BCUT2D eigenvalue weighted by atomic mass is 9.76. The lowest BCUT2D eigenvalue weighted by Crippen LogP contribution is -2.53. The molecule has 26 heavy (non-hydrogen) atoms. The molecule has 0 spiro atoms. The maximum absolute atomic E-state index is 14.7. The van der Waals surface area contributed by atoms with Gasteiger partial charge in [0.05, 0.1) is 6.61 Å². The van der Waals surface area contributed by atoms with E-state index in [1.54, 1.807) is 26.8 Å². The second-order valence-corrected chi connectivity index (χ2v) is 8.68. The Labute approximate surface area is 156 Å². The van der Waals surface area contributed by atoms with E-state index in [1.165, 1.54) is 28.8 Å². The maximum atomic E-state index is 14.7. The summed E-state index contributed by atoms with van der Waals surface area (Å²) in [6, 6.07) is 4.44. The van der Waals surface area contributed by atoms with Crippen LogP contribution in [0.3, 0.4) is 0 Å². The summed E-state index contributed by atoms with van der Waals surface area (Å²) in [7, 11) is 0. The fourth-order valence-electron chi connectivity index (χ4n) is 3.54. The third-order valence-electron chi connectivity index (χ3n) is 4.83. The minimum absolute atomic E-state index is 0.0527. The van der Waals surface area contributed by atoms with Gasteiger partial charge in [-0.2, -0.15) is 0 Å². The zero-order valence-corrected chi connectivity index (χ0v) is 16.0. The average molecular weight is 381 g/mol. The average Bonchev–Trinajstić information content (AvgIpc) is 2.55. The van der Waals surface area contributed by atoms with Crippen molar-refractivity contribution in [3.8, 4) is 0 Å². The molecule has 0 saturated carbocycles. The smallest absolute Gasteiger partial charge is 0.413 e. The second-order valence-electron chi connectivity index (χ2n) is 7.70. The summed E-state index contributed by atoms with van der Waals surface area (Å²) in [6.45, 7) is 6.22. The number of amides is 1. The molecular weight excluding hydrogens is 357 g/mol. The van der Waals surface area contributed by atoms with Crippen LogP contribution in [0.5, 0.6) is 0 Å². The first kappa shape index (κ1) is 19.0. The molecule has 1 aromatic rings. The van der Waals surface area contributed by atoms with E-state index in [2.05, 4.69) is 0 Å². The highest BCUT2D eigenvalue weighted by Crippen LogP contribution is 2.47. The van der Waals surface area contributed by atoms with Crippen LogP contribution in [0.4, 0.5) is 14.9 Å². The Kier molecular flexibility index (Phi) is 4.92. The predicted octanol–water partition coefficient (Wildman–Crippen LogP) is 3.52. The second kappa shape index (κ2) is 6.74. The van der Waals surface area contributed by atoms with Gasteiger partial charge in [-0.25, -0.2) is 14.2 Å². The Balaban J connectivity index is 2.17. The van der Waals surface area contributed by atoms with E-state index in [0.29, 0.717) is 28.8 Å². The van der Waals surface area contributed by atoms with Crippen LogP contribution in [0.25, 0.3) is 0 Å². The largest absolute Gasteiger partial charge is 0.465 e. The molecule has 8 heteroatoms. The Morgan fingerprint density at radius 1 is 1.50 bits per heavy atom. The summed E-state index contributed by atoms with van der Waals surface area (Å²) in [5, 5.41) is 10.1. The van der Waals surface area contributed by atoms with Gasteiger partial charge in [0, 0.05) is 35.1 Å². The van der Waals surface area contributed by atoms with Crippen molar-refractivity contribution in [1.29, 1.82) is 0 Å². The Bertz CT molecular complexity index is 750. The first-order valence-corrected chi connectivity index (χ1v) is 9.53. The van der Waals surface area contributed by atoms with Crippen molar-refractivity contribution in [2.75, 3.05) is 24.7 Å². The SMILES string of the molecule is CC(C)(C)N(C(=O)O)C1=NC2(c3cc(N)ccc3F)COCC[C@@H]2CS1. The van der Waals surface area contributed by atoms with Crippen LogP contribution in [0.2, 0.25) is 0 Å². The molecule has 3 rings (SSSR count). The number of thioether (sulfide) groups is 1. The summed E-state index contributed by atoms with van der Waals surface area (Å²) in [5.41, 5.74) is 5.09. The molecule has 0 radical (unpaired) electrons. The topological polar surface area (TPSA) is 88.2 Å². The number of anilines is 1. The minimum Gasteiger partial charge on any atom is -0.465 e. The number of rotatable bonds is 1. The van der Waals surface area contributed by atoms with E-state index in [1.807, 2.05) is 0 Å². The number of nitrogen functional groups attached to an aromatic ring is 1. The van der Waals surface area contributed by atoms with E-state index < -0.39 is 23.0 Å². The molecule has 2 heterocycles. The number of carboxylic acid groups (broad SMARTS) is 1. The summed E-state index contributed by atoms with van der Waals surface area (Å²) in [4.78, 5) is 17.9. The number of hydrogen-bond donors (Lipinski definition) is 2. The number of nitrogens with zero attached hydrogens (tertiary/aromatic N) is 2. The van der Waals surface area contributed by atoms with Gasteiger partial charge < -0.3 is 15.6 Å². The highest BCUT2D eigenvalue weighted by atomic mass is 32.2. The molecule has 0 bridgehead atoms. The quantitative estimate of drug-likeness (QED) is 0.727. The number of benzene rings is 1. The molecule has 2 aliphatic rings. The molecule has 0 aromatic heterocycles. The van der Waals surface area contributed by atoms with Gasteiger partial charge in [-0.05, 0) is 45.4 Å². The van der Waals surface area contributed by atoms with Crippen LogP contribution in [-0.2, 0) is 10.3 Å². The summed E-state index contributed by atoms with van der Waals surface area (Å²) in [5.74, 6) is 0.301. The van der Waals surface area contributed by atoms with E-state index in [4.69, 9.17) is 15.5 Å². The first-order valence-electron chi connectivity index (χ1n) is 8.54. The number of aliphatic imine (C=N–C) groups is 1. The van der Waals surface area contributed by atoms with Gasteiger partial charge in [-0.1, -0.05) is 11.8 Å². The number of fused-ring (bicyclic) bond motifs is 1. The van der Waals surface area contributed by atoms with Crippen LogP contribution in [0.1, 0.15) is 32.8 Å². The third-order valence-corrected chi connectivity index (χ3v) is 5.93. The molecule has 2 atom stereocenters. The monoisotopic (exact) mass is 381 g/mol. The van der Waals surface area contributed by atoms with Crippen LogP contribution in [0.15, 0.2) is 23.2 Å². The van der Waals surface area contributed by atoms with Gasteiger partial charge in [-0.15, -0.1) is 0 Å². The normalized spacial score (nSPS) is 26.0. The van der Waals surface area contributed by atoms with Gasteiger partial charge in [0.2, 0.25) is 0 Å². The molecule has 2 aliphatic heterocycles. The zero-order chi connectivity index (χ0) is 19.1. The highest BCUT2D eigenvalue weighted by Gasteiger charge is 2.49. The molecule has 1 unspecified atom stereocenters. The maximum Gasteiger partial charge on any atom is 0.413 e. The fraction of sp³-hybridized carbons (Fsp3) is 0.556. The molecule has 1 amide bonds. The van der Waals surface area contributed by atoms with E-state index in [-0.39, 0.29) is 12.5 Å². The van der Waals surface area contributed by atoms with Crippen LogP contribution >= 0.6 is 11.8 Å². The fourth-order valence-corrected chi connectivity index (χ4v) is 5.04. The lowest BCUT2D eigenvalue weighted by molar-refractivity contribution is 0.00214. The van der Waals surface area contributed by atoms with Gasteiger partial charge in [0.25, 0.3) is 0 Å². The molecule has 142 valence electrons. The van der Waals surface area contributed by atoms with Crippen molar-refractivity contribution in [2.45, 2.75) is 38.3 Å². The van der Waals surface area contributed by atoms with Gasteiger partial charge >= 0.3 is 6.09 Å². The number of halogens is 1. The molecule has 1 saturated heterocycles.